The van der Waals surface area contributed by atoms with Gasteiger partial charge in [0, 0.05) is 12.6 Å². The summed E-state index contributed by atoms with van der Waals surface area (Å²) in [5, 5.41) is 0. The van der Waals surface area contributed by atoms with E-state index in [-0.39, 0.29) is 5.54 Å². The van der Waals surface area contributed by atoms with Gasteiger partial charge >= 0.3 is 0 Å². The number of nitrogens with one attached hydrogen (secondary N) is 1. The highest BCUT2D eigenvalue weighted by Crippen LogP contribution is 2.39. The van der Waals surface area contributed by atoms with Crippen LogP contribution in [-0.2, 0) is 0 Å². The highest BCUT2D eigenvalue weighted by Gasteiger charge is 2.48. The van der Waals surface area contributed by atoms with E-state index < -0.39 is 0 Å². The van der Waals surface area contributed by atoms with Gasteiger partial charge in [-0.05, 0) is 26.3 Å². The van der Waals surface area contributed by atoms with Crippen LogP contribution in [-0.4, -0.2) is 30.1 Å². The van der Waals surface area contributed by atoms with Crippen LogP contribution in [0.15, 0.2) is 0 Å². The number of hydrogen-bond donors (Lipinski definition) is 1. The summed E-state index contributed by atoms with van der Waals surface area (Å²) in [5.41, 5.74) is 1.79. The van der Waals surface area contributed by atoms with E-state index in [9.17, 15) is 4.48 Å². The third-order valence-electron chi connectivity index (χ3n) is 2.96. The maximum Gasteiger partial charge on any atom is 0.0624 e. The quantitative estimate of drug-likeness (QED) is 0.609. The number of halogens is 1. The van der Waals surface area contributed by atoms with E-state index >= 15 is 0 Å². The predicted molar refractivity (Wildman–Crippen MR) is 48.6 cm³/mol. The van der Waals surface area contributed by atoms with Crippen LogP contribution in [0.5, 0.6) is 0 Å². The van der Waals surface area contributed by atoms with Gasteiger partial charge in [0.2, 0.25) is 0 Å². The average Bonchev–Trinajstić information content (AvgIpc) is 2.65. The molecule has 0 amide bonds. The van der Waals surface area contributed by atoms with E-state index in [2.05, 4.69) is 11.9 Å². The van der Waals surface area contributed by atoms with Crippen molar-refractivity contribution in [3.8, 4) is 0 Å². The molecule has 1 N–H and O–H groups in total. The highest BCUT2D eigenvalue weighted by atomic mass is 19.2. The summed E-state index contributed by atoms with van der Waals surface area (Å²) in [4.78, 5) is 2.25. The smallest absolute Gasteiger partial charge is 0.0624 e. The first-order valence-corrected chi connectivity index (χ1v) is 4.84. The fourth-order valence-corrected chi connectivity index (χ4v) is 2.34. The Balaban J connectivity index is 0.000000336. The summed E-state index contributed by atoms with van der Waals surface area (Å²) in [6.45, 7) is 4.88. The molecular weight excluding hydrogens is 155 g/mol. The van der Waals surface area contributed by atoms with E-state index in [4.69, 9.17) is 0 Å². The van der Waals surface area contributed by atoms with Crippen LogP contribution in [0.3, 0.4) is 0 Å². The Hall–Kier alpha value is -0.150. The second kappa shape index (κ2) is 3.71. The first kappa shape index (κ1) is 9.93. The molecule has 0 aromatic rings. The number of rotatable bonds is 1. The standard InChI is InChI=1S/C7H13FN2.C2H6/c1-10-5-7(9-8)3-2-6(10)4-7;1-2/h6,9H,2-5H2,1H3;1-2H3/t6-,7-;/m1./s1. The molecular formula is C9H19FN2. The van der Waals surface area contributed by atoms with Crippen molar-refractivity contribution in [2.24, 2.45) is 0 Å². The normalized spacial score (nSPS) is 39.5. The van der Waals surface area contributed by atoms with Gasteiger partial charge in [-0.1, -0.05) is 13.8 Å². The van der Waals surface area contributed by atoms with Crippen molar-refractivity contribution in [3.63, 3.8) is 0 Å². The zero-order valence-corrected chi connectivity index (χ0v) is 8.23. The lowest BCUT2D eigenvalue weighted by atomic mass is 10.0. The molecule has 2 rings (SSSR count). The number of likely N-dealkylation sites (N-methyl/N-ethyl adjacent to an activating group) is 1. The Morgan fingerprint density at radius 1 is 1.50 bits per heavy atom. The van der Waals surface area contributed by atoms with Crippen molar-refractivity contribution in [2.75, 3.05) is 13.6 Å². The van der Waals surface area contributed by atoms with E-state index in [0.717, 1.165) is 25.8 Å². The predicted octanol–water partition coefficient (Wildman–Crippen LogP) is 1.72. The van der Waals surface area contributed by atoms with Crippen LogP contribution in [0.25, 0.3) is 0 Å². The minimum absolute atomic E-state index is 0.167. The average molecular weight is 174 g/mol. The summed E-state index contributed by atoms with van der Waals surface area (Å²) < 4.78 is 12.3. The third-order valence-corrected chi connectivity index (χ3v) is 2.96. The lowest BCUT2D eigenvalue weighted by Gasteiger charge is -2.27. The van der Waals surface area contributed by atoms with Gasteiger partial charge in [0.15, 0.2) is 0 Å². The number of piperidine rings is 1. The summed E-state index contributed by atoms with van der Waals surface area (Å²) >= 11 is 0. The molecule has 1 saturated heterocycles. The van der Waals surface area contributed by atoms with Gasteiger partial charge in [-0.2, -0.15) is 5.54 Å². The van der Waals surface area contributed by atoms with Crippen molar-refractivity contribution >= 4 is 0 Å². The van der Waals surface area contributed by atoms with Gasteiger partial charge in [-0.15, -0.1) is 4.48 Å². The first-order valence-electron chi connectivity index (χ1n) is 4.84. The maximum atomic E-state index is 12.3. The van der Waals surface area contributed by atoms with Gasteiger partial charge in [-0.25, -0.2) is 0 Å². The zero-order valence-electron chi connectivity index (χ0n) is 8.23. The number of hydrogen-bond acceptors (Lipinski definition) is 2. The summed E-state index contributed by atoms with van der Waals surface area (Å²) in [6.07, 6.45) is 3.17. The lowest BCUT2D eigenvalue weighted by molar-refractivity contribution is 0.149. The van der Waals surface area contributed by atoms with Gasteiger partial charge in [0.1, 0.15) is 0 Å². The fourth-order valence-electron chi connectivity index (χ4n) is 2.34. The van der Waals surface area contributed by atoms with Gasteiger partial charge < -0.3 is 4.90 Å². The minimum Gasteiger partial charge on any atom is -0.301 e. The largest absolute Gasteiger partial charge is 0.301 e. The van der Waals surface area contributed by atoms with Crippen LogP contribution >= 0.6 is 0 Å². The SMILES string of the molecule is CC.CN1C[C@@]2(NF)CC[C@@H]1C2. The molecule has 3 heteroatoms. The Morgan fingerprint density at radius 2 is 2.17 bits per heavy atom. The van der Waals surface area contributed by atoms with Gasteiger partial charge in [-0.3, -0.25) is 0 Å². The molecule has 0 aromatic carbocycles. The number of likely N-dealkylation sites (tertiary alicyclic amines) is 1. The molecule has 12 heavy (non-hydrogen) atoms. The Kier molecular flexibility index (Phi) is 3.07. The monoisotopic (exact) mass is 174 g/mol. The molecule has 1 aliphatic heterocycles. The minimum atomic E-state index is -0.167. The van der Waals surface area contributed by atoms with Crippen molar-refractivity contribution in [1.29, 1.82) is 0 Å². The van der Waals surface area contributed by atoms with Crippen molar-refractivity contribution in [2.45, 2.75) is 44.7 Å². The Bertz CT molecular complexity index is 147. The van der Waals surface area contributed by atoms with Crippen molar-refractivity contribution < 1.29 is 4.48 Å². The molecule has 0 unspecified atom stereocenters. The molecule has 0 aromatic heterocycles. The molecule has 0 radical (unpaired) electrons. The van der Waals surface area contributed by atoms with E-state index in [1.165, 1.54) is 0 Å². The second-order valence-electron chi connectivity index (χ2n) is 3.69. The molecule has 72 valence electrons. The van der Waals surface area contributed by atoms with E-state index in [0.29, 0.717) is 6.04 Å². The molecule has 1 heterocycles. The molecule has 2 atom stereocenters. The molecule has 2 fully saturated rings. The topological polar surface area (TPSA) is 15.3 Å². The zero-order chi connectivity index (χ0) is 9.19. The summed E-state index contributed by atoms with van der Waals surface area (Å²) in [6, 6.07) is 0.642. The Labute approximate surface area is 74.1 Å². The number of fused-ring (bicyclic) bond motifs is 2. The van der Waals surface area contributed by atoms with Gasteiger partial charge in [0.25, 0.3) is 0 Å². The van der Waals surface area contributed by atoms with Gasteiger partial charge in [0.05, 0.1) is 5.54 Å². The molecule has 2 nitrogen and oxygen atoms in total. The maximum absolute atomic E-state index is 12.3. The second-order valence-corrected chi connectivity index (χ2v) is 3.69. The van der Waals surface area contributed by atoms with Crippen LogP contribution in [0.4, 0.5) is 4.48 Å². The van der Waals surface area contributed by atoms with Crippen LogP contribution in [0.1, 0.15) is 33.1 Å². The van der Waals surface area contributed by atoms with Crippen LogP contribution in [0, 0.1) is 0 Å². The molecule has 2 bridgehead atoms. The van der Waals surface area contributed by atoms with E-state index in [1.54, 1.807) is 0 Å². The molecule has 0 spiro atoms. The van der Waals surface area contributed by atoms with E-state index in [1.807, 2.05) is 19.4 Å². The van der Waals surface area contributed by atoms with Crippen molar-refractivity contribution in [1.82, 2.24) is 10.4 Å². The summed E-state index contributed by atoms with van der Waals surface area (Å²) in [5.74, 6) is 0. The lowest BCUT2D eigenvalue weighted by Crippen LogP contribution is -2.43. The summed E-state index contributed by atoms with van der Waals surface area (Å²) in [7, 11) is 2.07. The van der Waals surface area contributed by atoms with Crippen molar-refractivity contribution in [3.05, 3.63) is 0 Å². The fraction of sp³-hybridized carbons (Fsp3) is 1.00. The molecule has 1 aliphatic carbocycles. The van der Waals surface area contributed by atoms with Crippen LogP contribution in [0.2, 0.25) is 0 Å². The Morgan fingerprint density at radius 3 is 2.42 bits per heavy atom. The third kappa shape index (κ3) is 1.48. The first-order chi connectivity index (χ1) is 5.76. The molecule has 1 saturated carbocycles. The van der Waals surface area contributed by atoms with Crippen LogP contribution < -0.4 is 5.54 Å². The molecule has 2 aliphatic rings. The number of nitrogens with zero attached hydrogens (tertiary/aromatic N) is 1. The highest BCUT2D eigenvalue weighted by molar-refractivity contribution is 5.05.